The summed E-state index contributed by atoms with van der Waals surface area (Å²) in [4.78, 5) is 0. The van der Waals surface area contributed by atoms with Crippen LogP contribution in [0.1, 0.15) is 0 Å². The van der Waals surface area contributed by atoms with Gasteiger partial charge in [0, 0.05) is 0 Å². The average Bonchev–Trinajstić information content (AvgIpc) is 3.22. The summed E-state index contributed by atoms with van der Waals surface area (Å²) in [6.45, 7) is 0. The monoisotopic (exact) mass is 722 g/mol. The third-order valence-corrected chi connectivity index (χ3v) is 19.6. The van der Waals surface area contributed by atoms with E-state index in [0.29, 0.717) is 0 Å². The zero-order chi connectivity index (χ0) is 33.8. The normalized spacial score (nSPS) is 12.1. The number of hydrogen-bond acceptors (Lipinski definition) is 0. The molecule has 0 saturated heterocycles. The van der Waals surface area contributed by atoms with Crippen molar-refractivity contribution in [3.05, 3.63) is 218 Å². The van der Waals surface area contributed by atoms with Gasteiger partial charge < -0.3 is 0 Å². The van der Waals surface area contributed by atoms with Crippen LogP contribution in [0.25, 0.3) is 44.5 Å². The first-order chi connectivity index (χ1) is 24.7. The Labute approximate surface area is 303 Å². The fourth-order valence-electron chi connectivity index (χ4n) is 7.53. The van der Waals surface area contributed by atoms with E-state index in [9.17, 15) is 0 Å². The van der Waals surface area contributed by atoms with Crippen LogP contribution >= 0.6 is 20.8 Å². The Kier molecular flexibility index (Phi) is 8.63. The molecule has 0 amide bonds. The van der Waals surface area contributed by atoms with Crippen LogP contribution in [0, 0.1) is 0 Å². The van der Waals surface area contributed by atoms with Crippen LogP contribution in [0.15, 0.2) is 218 Å². The molecule has 2 heteroatoms. The van der Waals surface area contributed by atoms with Crippen molar-refractivity contribution in [3.63, 3.8) is 0 Å². The fourth-order valence-corrected chi connectivity index (χ4v) is 15.5. The number of halogens is 1. The Morgan fingerprint density at radius 1 is 0.280 bits per heavy atom. The summed E-state index contributed by atoms with van der Waals surface area (Å²) < 4.78 is 0. The molecule has 0 aliphatic rings. The molecule has 0 aliphatic carbocycles. The maximum absolute atomic E-state index is 4.90. The van der Waals surface area contributed by atoms with Gasteiger partial charge in [-0.05, 0) is 0 Å². The fraction of sp³-hybridized carbons (Fsp3) is 0. The molecule has 0 saturated carbocycles. The van der Waals surface area contributed by atoms with Gasteiger partial charge in [-0.3, -0.25) is 0 Å². The van der Waals surface area contributed by atoms with Gasteiger partial charge in [0.2, 0.25) is 0 Å². The molecule has 8 aromatic rings. The standard InChI is InChI=1S/C48H36BrP/c49-50(41-30-16-5-17-31-41,42-32-18-6-19-33-42,43-34-20-7-21-35-43)45-36-44(37-22-8-1-9-23-37)46(38-24-10-2-11-25-38)48(40-28-14-4-15-29-40)47(45)39-26-12-3-13-27-39/h1-36H. The van der Waals surface area contributed by atoms with Crippen LogP contribution < -0.4 is 21.2 Å². The topological polar surface area (TPSA) is 0 Å². The summed E-state index contributed by atoms with van der Waals surface area (Å²) in [5.41, 5.74) is 9.57. The Morgan fingerprint density at radius 2 is 0.560 bits per heavy atom. The van der Waals surface area contributed by atoms with Crippen LogP contribution in [-0.4, -0.2) is 0 Å². The molecule has 0 bridgehead atoms. The Bertz CT molecular complexity index is 2240. The summed E-state index contributed by atoms with van der Waals surface area (Å²) in [6, 6.07) is 79.6. The zero-order valence-electron chi connectivity index (χ0n) is 27.6. The molecule has 0 nitrogen and oxygen atoms in total. The molecular formula is C48H36BrP. The zero-order valence-corrected chi connectivity index (χ0v) is 30.1. The van der Waals surface area contributed by atoms with Crippen molar-refractivity contribution in [2.45, 2.75) is 0 Å². The second kappa shape index (κ2) is 13.5. The summed E-state index contributed by atoms with van der Waals surface area (Å²) in [6.07, 6.45) is 0. The average molecular weight is 724 g/mol. The summed E-state index contributed by atoms with van der Waals surface area (Å²) in [5, 5.41) is 1.30. The van der Waals surface area contributed by atoms with Crippen molar-refractivity contribution in [1.29, 1.82) is 0 Å². The number of rotatable bonds is 8. The maximum atomic E-state index is 4.90. The first kappa shape index (κ1) is 31.9. The van der Waals surface area contributed by atoms with E-state index in [1.54, 1.807) is 0 Å². The first-order valence-electron chi connectivity index (χ1n) is 17.0. The van der Waals surface area contributed by atoms with E-state index in [2.05, 4.69) is 218 Å². The predicted molar refractivity (Wildman–Crippen MR) is 222 cm³/mol. The van der Waals surface area contributed by atoms with Crippen molar-refractivity contribution < 1.29 is 0 Å². The molecule has 240 valence electrons. The van der Waals surface area contributed by atoms with E-state index in [0.717, 1.165) is 0 Å². The second-order valence-corrected chi connectivity index (χ2v) is 20.9. The van der Waals surface area contributed by atoms with Gasteiger partial charge in [0.1, 0.15) is 0 Å². The Morgan fingerprint density at radius 3 is 0.920 bits per heavy atom. The minimum atomic E-state index is -3.72. The van der Waals surface area contributed by atoms with Gasteiger partial charge in [0.05, 0.1) is 0 Å². The van der Waals surface area contributed by atoms with Gasteiger partial charge in [-0.1, -0.05) is 0 Å². The van der Waals surface area contributed by atoms with Crippen LogP contribution in [-0.2, 0) is 0 Å². The van der Waals surface area contributed by atoms with Gasteiger partial charge in [0.25, 0.3) is 0 Å². The van der Waals surface area contributed by atoms with Crippen LogP contribution in [0.4, 0.5) is 0 Å². The van der Waals surface area contributed by atoms with Crippen molar-refractivity contribution in [2.75, 3.05) is 0 Å². The second-order valence-electron chi connectivity index (χ2n) is 12.5. The summed E-state index contributed by atoms with van der Waals surface area (Å²) >= 11 is 4.90. The van der Waals surface area contributed by atoms with E-state index in [-0.39, 0.29) is 0 Å². The molecule has 0 spiro atoms. The van der Waals surface area contributed by atoms with Gasteiger partial charge in [-0.2, -0.15) is 0 Å². The number of benzene rings is 8. The minimum absolute atomic E-state index is 1.18. The Hall–Kier alpha value is -5.33. The third kappa shape index (κ3) is 5.26. The molecule has 50 heavy (non-hydrogen) atoms. The van der Waals surface area contributed by atoms with E-state index in [1.807, 2.05) is 0 Å². The van der Waals surface area contributed by atoms with Crippen LogP contribution in [0.3, 0.4) is 0 Å². The molecule has 0 unspecified atom stereocenters. The van der Waals surface area contributed by atoms with Crippen LogP contribution in [0.2, 0.25) is 0 Å². The van der Waals surface area contributed by atoms with Crippen LogP contribution in [0.5, 0.6) is 0 Å². The molecular weight excluding hydrogens is 687 g/mol. The third-order valence-electron chi connectivity index (χ3n) is 9.75. The SMILES string of the molecule is BrP(c1ccccc1)(c1ccccc1)(c1ccccc1)c1cc(-c2ccccc2)c(-c2ccccc2)c(-c2ccccc2)c1-c1ccccc1. The summed E-state index contributed by atoms with van der Waals surface area (Å²) in [7, 11) is 0. The molecule has 0 N–H and O–H groups in total. The first-order valence-corrected chi connectivity index (χ1v) is 21.3. The van der Waals surface area contributed by atoms with Crippen molar-refractivity contribution >= 4 is 42.0 Å². The predicted octanol–water partition coefficient (Wildman–Crippen LogP) is 11.8. The molecule has 0 fully saturated rings. The van der Waals surface area contributed by atoms with Crippen molar-refractivity contribution in [1.82, 2.24) is 0 Å². The van der Waals surface area contributed by atoms with E-state index in [1.165, 1.54) is 65.7 Å². The number of hydrogen-bond donors (Lipinski definition) is 0. The van der Waals surface area contributed by atoms with E-state index in [4.69, 9.17) is 15.5 Å². The summed E-state index contributed by atoms with van der Waals surface area (Å²) in [5.74, 6) is 0. The molecule has 8 aromatic carbocycles. The van der Waals surface area contributed by atoms with Gasteiger partial charge in [-0.15, -0.1) is 0 Å². The van der Waals surface area contributed by atoms with Gasteiger partial charge in [0.15, 0.2) is 0 Å². The molecule has 0 aromatic heterocycles. The van der Waals surface area contributed by atoms with E-state index < -0.39 is 5.31 Å². The van der Waals surface area contributed by atoms with Gasteiger partial charge >= 0.3 is 305 Å². The quantitative estimate of drug-likeness (QED) is 0.137. The van der Waals surface area contributed by atoms with Crippen molar-refractivity contribution in [3.8, 4) is 44.5 Å². The van der Waals surface area contributed by atoms with E-state index >= 15 is 0 Å². The van der Waals surface area contributed by atoms with Gasteiger partial charge in [-0.25, -0.2) is 0 Å². The molecule has 0 heterocycles. The molecule has 0 radical (unpaired) electrons. The Balaban J connectivity index is 1.71. The van der Waals surface area contributed by atoms with Crippen molar-refractivity contribution in [2.24, 2.45) is 0 Å². The molecule has 0 aliphatic heterocycles. The molecule has 0 atom stereocenters. The molecule has 8 rings (SSSR count).